The molecule has 0 aliphatic rings. The largest absolute Gasteiger partial charge is 0.369 e. The molecule has 0 fully saturated rings. The van der Waals surface area contributed by atoms with Crippen molar-refractivity contribution in [1.29, 1.82) is 0 Å². The lowest BCUT2D eigenvalue weighted by Gasteiger charge is -2.11. The summed E-state index contributed by atoms with van der Waals surface area (Å²) in [5.41, 5.74) is 8.61. The van der Waals surface area contributed by atoms with Gasteiger partial charge in [0.1, 0.15) is 0 Å². The molecule has 0 aromatic carbocycles. The molecule has 0 aliphatic heterocycles. The smallest absolute Gasteiger partial charge is 0.222 e. The highest BCUT2D eigenvalue weighted by molar-refractivity contribution is 5.76. The van der Waals surface area contributed by atoms with Gasteiger partial charge in [-0.05, 0) is 13.8 Å². The molecule has 18 heavy (non-hydrogen) atoms. The van der Waals surface area contributed by atoms with Crippen LogP contribution in [0.4, 0.5) is 0 Å². The number of hydrogen-bond donors (Lipinski definition) is 2. The van der Waals surface area contributed by atoms with Crippen LogP contribution in [0.25, 0.3) is 0 Å². The van der Waals surface area contributed by atoms with Crippen LogP contribution >= 0.6 is 0 Å². The fourth-order valence-electron chi connectivity index (χ4n) is 1.82. The quantitative estimate of drug-likeness (QED) is 0.797. The van der Waals surface area contributed by atoms with Crippen LogP contribution in [0.1, 0.15) is 37.7 Å². The van der Waals surface area contributed by atoms with Crippen molar-refractivity contribution in [2.45, 2.75) is 53.8 Å². The third kappa shape index (κ3) is 3.57. The molecule has 1 amide bonds. The van der Waals surface area contributed by atoms with Crippen LogP contribution in [0.3, 0.4) is 0 Å². The van der Waals surface area contributed by atoms with E-state index in [2.05, 4.69) is 24.3 Å². The highest BCUT2D eigenvalue weighted by Gasteiger charge is 2.15. The molecule has 1 unspecified atom stereocenters. The molecule has 5 nitrogen and oxygen atoms in total. The second-order valence-electron chi connectivity index (χ2n) is 5.17. The Kier molecular flexibility index (Phi) is 4.90. The third-order valence-corrected chi connectivity index (χ3v) is 3.15. The fraction of sp³-hybridized carbons (Fsp3) is 0.692. The van der Waals surface area contributed by atoms with Crippen molar-refractivity contribution in [3.63, 3.8) is 0 Å². The summed E-state index contributed by atoms with van der Waals surface area (Å²) in [6, 6.07) is 0.441. The standard InChI is InChI=1S/C13H24N4O/c1-8(2)15-6-12-10(4)16-17(11(12)5)7-9(3)13(14)18/h8-9,15H,6-7H2,1-5H3,(H2,14,18). The van der Waals surface area contributed by atoms with E-state index in [1.807, 2.05) is 25.5 Å². The highest BCUT2D eigenvalue weighted by atomic mass is 16.1. The van der Waals surface area contributed by atoms with Gasteiger partial charge in [0.05, 0.1) is 18.2 Å². The Bertz CT molecular complexity index is 423. The van der Waals surface area contributed by atoms with Gasteiger partial charge in [-0.1, -0.05) is 20.8 Å². The molecule has 102 valence electrons. The second kappa shape index (κ2) is 6.00. The van der Waals surface area contributed by atoms with Crippen molar-refractivity contribution < 1.29 is 4.79 Å². The van der Waals surface area contributed by atoms with Crippen LogP contribution in [0.15, 0.2) is 0 Å². The van der Waals surface area contributed by atoms with E-state index in [1.165, 1.54) is 5.56 Å². The van der Waals surface area contributed by atoms with Crippen molar-refractivity contribution in [1.82, 2.24) is 15.1 Å². The molecule has 1 aromatic rings. The molecule has 5 heteroatoms. The molecular formula is C13H24N4O. The number of carbonyl (C=O) groups is 1. The van der Waals surface area contributed by atoms with Crippen LogP contribution < -0.4 is 11.1 Å². The number of aromatic nitrogens is 2. The van der Waals surface area contributed by atoms with Crippen molar-refractivity contribution in [3.8, 4) is 0 Å². The topological polar surface area (TPSA) is 72.9 Å². The number of primary amides is 1. The Morgan fingerprint density at radius 2 is 2.00 bits per heavy atom. The zero-order valence-corrected chi connectivity index (χ0v) is 11.9. The van der Waals surface area contributed by atoms with E-state index >= 15 is 0 Å². The SMILES string of the molecule is Cc1nn(CC(C)C(N)=O)c(C)c1CNC(C)C. The van der Waals surface area contributed by atoms with Crippen LogP contribution in [-0.4, -0.2) is 21.7 Å². The summed E-state index contributed by atoms with van der Waals surface area (Å²) in [6.45, 7) is 11.4. The lowest BCUT2D eigenvalue weighted by atomic mass is 10.1. The maximum Gasteiger partial charge on any atom is 0.222 e. The Balaban J connectivity index is 2.83. The molecule has 0 radical (unpaired) electrons. The highest BCUT2D eigenvalue weighted by Crippen LogP contribution is 2.14. The molecular weight excluding hydrogens is 228 g/mol. The summed E-state index contributed by atoms with van der Waals surface area (Å²) < 4.78 is 1.88. The Morgan fingerprint density at radius 1 is 1.39 bits per heavy atom. The Hall–Kier alpha value is -1.36. The first-order chi connectivity index (χ1) is 8.32. The lowest BCUT2D eigenvalue weighted by Crippen LogP contribution is -2.26. The van der Waals surface area contributed by atoms with Gasteiger partial charge in [-0.25, -0.2) is 0 Å². The number of rotatable bonds is 6. The zero-order chi connectivity index (χ0) is 13.9. The summed E-state index contributed by atoms with van der Waals surface area (Å²) in [5.74, 6) is -0.488. The zero-order valence-electron chi connectivity index (χ0n) is 11.9. The number of nitrogens with two attached hydrogens (primary N) is 1. The van der Waals surface area contributed by atoms with E-state index in [-0.39, 0.29) is 11.8 Å². The van der Waals surface area contributed by atoms with Gasteiger partial charge in [-0.2, -0.15) is 5.10 Å². The minimum absolute atomic E-state index is 0.200. The monoisotopic (exact) mass is 252 g/mol. The van der Waals surface area contributed by atoms with E-state index in [4.69, 9.17) is 5.73 Å². The van der Waals surface area contributed by atoms with Crippen LogP contribution in [0.5, 0.6) is 0 Å². The second-order valence-corrected chi connectivity index (χ2v) is 5.17. The van der Waals surface area contributed by atoms with Gasteiger partial charge in [0.2, 0.25) is 5.91 Å². The maximum atomic E-state index is 11.1. The van der Waals surface area contributed by atoms with Crippen molar-refractivity contribution in [3.05, 3.63) is 17.0 Å². The van der Waals surface area contributed by atoms with Gasteiger partial charge in [0.25, 0.3) is 0 Å². The Morgan fingerprint density at radius 3 is 2.50 bits per heavy atom. The van der Waals surface area contributed by atoms with Gasteiger partial charge in [0.15, 0.2) is 0 Å². The van der Waals surface area contributed by atoms with Crippen LogP contribution in [-0.2, 0) is 17.9 Å². The first-order valence-electron chi connectivity index (χ1n) is 6.38. The molecule has 0 bridgehead atoms. The van der Waals surface area contributed by atoms with Crippen LogP contribution in [0.2, 0.25) is 0 Å². The summed E-state index contributed by atoms with van der Waals surface area (Å²) in [5, 5.41) is 7.87. The molecule has 0 saturated carbocycles. The van der Waals surface area contributed by atoms with Gasteiger partial charge in [0, 0.05) is 23.8 Å². The van der Waals surface area contributed by atoms with E-state index in [9.17, 15) is 4.79 Å². The summed E-state index contributed by atoms with van der Waals surface area (Å²) in [7, 11) is 0. The maximum absolute atomic E-state index is 11.1. The number of nitrogens with one attached hydrogen (secondary N) is 1. The predicted octanol–water partition coefficient (Wildman–Crippen LogP) is 1.12. The summed E-state index contributed by atoms with van der Waals surface area (Å²) in [4.78, 5) is 11.1. The molecule has 0 spiro atoms. The fourth-order valence-corrected chi connectivity index (χ4v) is 1.82. The molecule has 1 rings (SSSR count). The molecule has 3 N–H and O–H groups in total. The van der Waals surface area contributed by atoms with E-state index in [0.717, 1.165) is 17.9 Å². The van der Waals surface area contributed by atoms with Crippen LogP contribution in [0, 0.1) is 19.8 Å². The minimum atomic E-state index is -0.288. The average molecular weight is 252 g/mol. The van der Waals surface area contributed by atoms with Gasteiger partial charge in [-0.15, -0.1) is 0 Å². The summed E-state index contributed by atoms with van der Waals surface area (Å²) >= 11 is 0. The van der Waals surface area contributed by atoms with Gasteiger partial charge < -0.3 is 11.1 Å². The van der Waals surface area contributed by atoms with Gasteiger partial charge in [-0.3, -0.25) is 9.48 Å². The predicted molar refractivity (Wildman–Crippen MR) is 72.0 cm³/mol. The van der Waals surface area contributed by atoms with Crippen molar-refractivity contribution >= 4 is 5.91 Å². The number of carbonyl (C=O) groups excluding carboxylic acids is 1. The number of hydrogen-bond acceptors (Lipinski definition) is 3. The molecule has 1 aromatic heterocycles. The third-order valence-electron chi connectivity index (χ3n) is 3.15. The molecule has 0 aliphatic carbocycles. The number of amides is 1. The number of aryl methyl sites for hydroxylation is 1. The lowest BCUT2D eigenvalue weighted by molar-refractivity contribution is -0.121. The van der Waals surface area contributed by atoms with E-state index in [1.54, 1.807) is 0 Å². The normalized spacial score (nSPS) is 13.0. The van der Waals surface area contributed by atoms with Crippen molar-refractivity contribution in [2.75, 3.05) is 0 Å². The first kappa shape index (κ1) is 14.7. The average Bonchev–Trinajstić information content (AvgIpc) is 2.51. The number of nitrogens with zero attached hydrogens (tertiary/aromatic N) is 2. The molecule has 1 heterocycles. The molecule has 1 atom stereocenters. The first-order valence-corrected chi connectivity index (χ1v) is 6.38. The van der Waals surface area contributed by atoms with Gasteiger partial charge >= 0.3 is 0 Å². The van der Waals surface area contributed by atoms with E-state index in [0.29, 0.717) is 12.6 Å². The van der Waals surface area contributed by atoms with E-state index < -0.39 is 0 Å². The summed E-state index contributed by atoms with van der Waals surface area (Å²) in [6.07, 6.45) is 0. The Labute approximate surface area is 109 Å². The minimum Gasteiger partial charge on any atom is -0.369 e. The molecule has 0 saturated heterocycles. The van der Waals surface area contributed by atoms with Crippen molar-refractivity contribution in [2.24, 2.45) is 11.7 Å².